The lowest BCUT2D eigenvalue weighted by atomic mass is 9.80. The van der Waals surface area contributed by atoms with E-state index in [2.05, 4.69) is 0 Å². The molecule has 0 radical (unpaired) electrons. The number of amides is 2. The number of aliphatic carboxylic acids is 1. The molecule has 9 N–H and O–H groups in total. The second-order valence-corrected chi connectivity index (χ2v) is 8.35. The highest BCUT2D eigenvalue weighted by Gasteiger charge is 2.65. The van der Waals surface area contributed by atoms with E-state index in [1.54, 1.807) is 0 Å². The van der Waals surface area contributed by atoms with Crippen molar-refractivity contribution in [3.63, 3.8) is 0 Å². The van der Waals surface area contributed by atoms with Crippen molar-refractivity contribution < 1.29 is 64.3 Å². The summed E-state index contributed by atoms with van der Waals surface area (Å²) >= 11 is 0. The van der Waals surface area contributed by atoms with E-state index < -0.39 is 97.7 Å². The number of nitrogens with two attached hydrogens (primary N) is 1. The van der Waals surface area contributed by atoms with E-state index in [1.807, 2.05) is 0 Å². The monoisotopic (exact) mass is 496 g/mol. The van der Waals surface area contributed by atoms with Crippen molar-refractivity contribution in [3.8, 4) is 0 Å². The lowest BCUT2D eigenvalue weighted by Gasteiger charge is -2.56. The summed E-state index contributed by atoms with van der Waals surface area (Å²) in [6.45, 7) is 1.26. The topological polar surface area (TPSA) is 250 Å². The molecular formula is C19H32N2O13. The van der Waals surface area contributed by atoms with Gasteiger partial charge in [0.1, 0.15) is 48.8 Å². The first-order valence-electron chi connectivity index (χ1n) is 10.5. The van der Waals surface area contributed by atoms with Gasteiger partial charge in [-0.15, -0.1) is 0 Å². The van der Waals surface area contributed by atoms with Crippen LogP contribution in [0.15, 0.2) is 0 Å². The average Bonchev–Trinajstić information content (AvgIpc) is 2.75. The number of carboxylic acid groups (broad SMARTS) is 1. The Kier molecular flexibility index (Phi) is 9.09. The number of ether oxygens (including phenoxy) is 3. The molecule has 196 valence electrons. The number of imide groups is 1. The number of carboxylic acids is 1. The van der Waals surface area contributed by atoms with Crippen molar-refractivity contribution in [3.05, 3.63) is 0 Å². The first-order valence-corrected chi connectivity index (χ1v) is 10.5. The molecule has 2 saturated heterocycles. The third-order valence-corrected chi connectivity index (χ3v) is 6.02. The molecule has 0 aromatic heterocycles. The third kappa shape index (κ3) is 5.08. The van der Waals surface area contributed by atoms with Crippen LogP contribution in [0.5, 0.6) is 0 Å². The zero-order valence-electron chi connectivity index (χ0n) is 18.8. The van der Waals surface area contributed by atoms with Crippen molar-refractivity contribution in [1.29, 1.82) is 0 Å². The fraction of sp³-hybridized carbons (Fsp3) is 0.842. The Hall–Kier alpha value is -1.79. The largest absolute Gasteiger partial charge is 0.479 e. The smallest absolute Gasteiger partial charge is 0.332 e. The summed E-state index contributed by atoms with van der Waals surface area (Å²) in [4.78, 5) is 36.2. The summed E-state index contributed by atoms with van der Waals surface area (Å²) in [5.41, 5.74) is 6.16. The lowest BCUT2D eigenvalue weighted by molar-refractivity contribution is -0.383. The SMILES string of the molecule is CC(=O)N(C(C)=O)[C@@H]1[C@@H](O)[C@H](O)[C@@H](CO)OC1(O)C1O[C@H](CO)[C@@H](O)[C@H](O[C@H](C)C(=O)O)[C@H]1N. The van der Waals surface area contributed by atoms with Gasteiger partial charge in [-0.1, -0.05) is 0 Å². The van der Waals surface area contributed by atoms with Gasteiger partial charge in [0.25, 0.3) is 0 Å². The molecule has 15 nitrogen and oxygen atoms in total. The van der Waals surface area contributed by atoms with Crippen LogP contribution < -0.4 is 5.73 Å². The quantitative estimate of drug-likeness (QED) is 0.164. The lowest BCUT2D eigenvalue weighted by Crippen LogP contribution is -2.79. The van der Waals surface area contributed by atoms with Crippen LogP contribution in [-0.2, 0) is 28.6 Å². The van der Waals surface area contributed by atoms with E-state index in [1.165, 1.54) is 0 Å². The van der Waals surface area contributed by atoms with E-state index in [4.69, 9.17) is 25.1 Å². The Morgan fingerprint density at radius 1 is 1.03 bits per heavy atom. The summed E-state index contributed by atoms with van der Waals surface area (Å²) in [7, 11) is 0. The Labute approximate surface area is 194 Å². The van der Waals surface area contributed by atoms with Crippen molar-refractivity contribution in [1.82, 2.24) is 4.90 Å². The van der Waals surface area contributed by atoms with Gasteiger partial charge in [0.2, 0.25) is 17.6 Å². The molecule has 2 fully saturated rings. The highest BCUT2D eigenvalue weighted by molar-refractivity contribution is 5.93. The number of aliphatic hydroxyl groups is 6. The molecule has 2 unspecified atom stereocenters. The number of rotatable bonds is 7. The van der Waals surface area contributed by atoms with Crippen LogP contribution in [0.3, 0.4) is 0 Å². The molecule has 0 aromatic carbocycles. The van der Waals surface area contributed by atoms with Crippen LogP contribution in [0.2, 0.25) is 0 Å². The third-order valence-electron chi connectivity index (χ3n) is 6.02. The highest BCUT2D eigenvalue weighted by Crippen LogP contribution is 2.40. The van der Waals surface area contributed by atoms with Gasteiger partial charge in [-0.05, 0) is 6.92 Å². The molecule has 0 spiro atoms. The predicted molar refractivity (Wildman–Crippen MR) is 108 cm³/mol. The first kappa shape index (κ1) is 28.4. The normalized spacial score (nSPS) is 41.5. The molecule has 0 saturated carbocycles. The molecule has 0 aromatic rings. The average molecular weight is 496 g/mol. The minimum Gasteiger partial charge on any atom is -0.479 e. The van der Waals surface area contributed by atoms with Gasteiger partial charge in [0.05, 0.1) is 19.3 Å². The minimum absolute atomic E-state index is 0.409. The Morgan fingerprint density at radius 2 is 1.56 bits per heavy atom. The molecule has 2 heterocycles. The summed E-state index contributed by atoms with van der Waals surface area (Å²) < 4.78 is 16.3. The first-order chi connectivity index (χ1) is 15.7. The van der Waals surface area contributed by atoms with Gasteiger partial charge in [-0.2, -0.15) is 0 Å². The molecule has 2 amide bonds. The number of carbonyl (C=O) groups excluding carboxylic acids is 2. The minimum atomic E-state index is -2.91. The molecule has 0 aliphatic carbocycles. The van der Waals surface area contributed by atoms with Crippen LogP contribution in [0.25, 0.3) is 0 Å². The Morgan fingerprint density at radius 3 is 2.00 bits per heavy atom. The maximum absolute atomic E-state index is 12.3. The van der Waals surface area contributed by atoms with Gasteiger partial charge in [0.15, 0.2) is 6.10 Å². The van der Waals surface area contributed by atoms with E-state index >= 15 is 0 Å². The maximum Gasteiger partial charge on any atom is 0.332 e. The zero-order valence-corrected chi connectivity index (χ0v) is 18.8. The Balaban J connectivity index is 2.62. The fourth-order valence-corrected chi connectivity index (χ4v) is 4.33. The fourth-order valence-electron chi connectivity index (χ4n) is 4.33. The van der Waals surface area contributed by atoms with Crippen molar-refractivity contribution in [2.45, 2.75) is 87.5 Å². The van der Waals surface area contributed by atoms with Crippen molar-refractivity contribution in [2.24, 2.45) is 5.73 Å². The van der Waals surface area contributed by atoms with Crippen LogP contribution in [0.1, 0.15) is 20.8 Å². The van der Waals surface area contributed by atoms with Crippen LogP contribution in [0.4, 0.5) is 0 Å². The molecule has 11 atom stereocenters. The summed E-state index contributed by atoms with van der Waals surface area (Å²) in [5, 5.41) is 71.7. The molecule has 15 heteroatoms. The van der Waals surface area contributed by atoms with Crippen LogP contribution >= 0.6 is 0 Å². The number of hydrogen-bond donors (Lipinski definition) is 8. The molecule has 34 heavy (non-hydrogen) atoms. The summed E-state index contributed by atoms with van der Waals surface area (Å²) in [6.07, 6.45) is -13.7. The van der Waals surface area contributed by atoms with Gasteiger partial charge in [0, 0.05) is 13.8 Å². The van der Waals surface area contributed by atoms with Gasteiger partial charge in [-0.3, -0.25) is 14.5 Å². The van der Waals surface area contributed by atoms with Gasteiger partial charge < -0.3 is 55.7 Å². The molecular weight excluding hydrogens is 464 g/mol. The highest BCUT2D eigenvalue weighted by atomic mass is 16.7. The summed E-state index contributed by atoms with van der Waals surface area (Å²) in [6, 6.07) is -3.64. The summed E-state index contributed by atoms with van der Waals surface area (Å²) in [5.74, 6) is -6.23. The number of aliphatic hydroxyl groups excluding tert-OH is 5. The molecule has 2 rings (SSSR count). The predicted octanol–water partition coefficient (Wildman–Crippen LogP) is -5.14. The number of hydrogen-bond acceptors (Lipinski definition) is 13. The molecule has 0 bridgehead atoms. The molecule has 2 aliphatic rings. The zero-order chi connectivity index (χ0) is 26.1. The van der Waals surface area contributed by atoms with E-state index in [-0.39, 0.29) is 0 Å². The van der Waals surface area contributed by atoms with E-state index in [0.29, 0.717) is 4.90 Å². The van der Waals surface area contributed by atoms with Crippen LogP contribution in [0, 0.1) is 0 Å². The van der Waals surface area contributed by atoms with E-state index in [0.717, 1.165) is 20.8 Å². The number of nitrogens with zero attached hydrogens (tertiary/aromatic N) is 1. The maximum atomic E-state index is 12.3. The van der Waals surface area contributed by atoms with E-state index in [9.17, 15) is 45.0 Å². The van der Waals surface area contributed by atoms with Gasteiger partial charge in [-0.25, -0.2) is 4.79 Å². The van der Waals surface area contributed by atoms with Gasteiger partial charge >= 0.3 is 5.97 Å². The Bertz CT molecular complexity index is 754. The standard InChI is InChI=1S/C19H32N2O13/c1-6(18(29)30)32-15-11(20)17(33-9(4-22)13(15)27)19(31)16(21(7(2)24)8(3)25)14(28)12(26)10(5-23)34-19/h6,9-17,22-23,26-28,31H,4-5,20H2,1-3H3,(H,29,30)/t6-,9-,10-,11-,12-,13-,14+,15-,16-,17?,19?/m1/s1. The molecule has 2 aliphatic heterocycles. The van der Waals surface area contributed by atoms with Crippen LogP contribution in [-0.4, -0.2) is 138 Å². The second-order valence-electron chi connectivity index (χ2n) is 8.35. The van der Waals surface area contributed by atoms with Crippen molar-refractivity contribution in [2.75, 3.05) is 13.2 Å². The van der Waals surface area contributed by atoms with Crippen molar-refractivity contribution >= 4 is 17.8 Å². The number of carbonyl (C=O) groups is 3. The second kappa shape index (κ2) is 10.9.